The van der Waals surface area contributed by atoms with Crippen LogP contribution in [0.15, 0.2) is 42.5 Å². The Morgan fingerprint density at radius 2 is 1.80 bits per heavy atom. The highest BCUT2D eigenvalue weighted by Gasteiger charge is 2.17. The van der Waals surface area contributed by atoms with E-state index >= 15 is 0 Å². The van der Waals surface area contributed by atoms with E-state index in [4.69, 9.17) is 4.74 Å². The lowest BCUT2D eigenvalue weighted by atomic mass is 9.92. The minimum Gasteiger partial charge on any atom is -0.507 e. The molecule has 0 unspecified atom stereocenters. The lowest BCUT2D eigenvalue weighted by Crippen LogP contribution is -2.03. The third-order valence-corrected chi connectivity index (χ3v) is 3.11. The second kappa shape index (κ2) is 5.78. The Kier molecular flexibility index (Phi) is 4.08. The Labute approximate surface area is 118 Å². The Morgan fingerprint density at radius 1 is 1.10 bits per heavy atom. The molecular weight excluding hydrogens is 252 g/mol. The standard InChI is InChI=1S/C17H18O3/c1-11(2)13-7-4-5-8-14(13)17-15(19)9-6-10-16(17)20-12(3)18/h4-11,19H,1-3H3. The molecule has 0 saturated carbocycles. The molecule has 0 saturated heterocycles. The van der Waals surface area contributed by atoms with Crippen LogP contribution in [0, 0.1) is 0 Å². The van der Waals surface area contributed by atoms with Crippen LogP contribution in [-0.4, -0.2) is 11.1 Å². The SMILES string of the molecule is CC(=O)Oc1cccc(O)c1-c1ccccc1C(C)C. The molecule has 104 valence electrons. The Morgan fingerprint density at radius 3 is 2.45 bits per heavy atom. The predicted molar refractivity (Wildman–Crippen MR) is 78.9 cm³/mol. The van der Waals surface area contributed by atoms with Crippen LogP contribution in [0.1, 0.15) is 32.3 Å². The number of carbonyl (C=O) groups excluding carboxylic acids is 1. The van der Waals surface area contributed by atoms with Gasteiger partial charge in [-0.2, -0.15) is 0 Å². The molecule has 0 heterocycles. The van der Waals surface area contributed by atoms with Crippen molar-refractivity contribution in [3.8, 4) is 22.6 Å². The van der Waals surface area contributed by atoms with Crippen molar-refractivity contribution in [3.63, 3.8) is 0 Å². The average Bonchev–Trinajstić information content (AvgIpc) is 2.38. The van der Waals surface area contributed by atoms with Gasteiger partial charge in [-0.25, -0.2) is 0 Å². The molecule has 1 N–H and O–H groups in total. The molecule has 3 heteroatoms. The Bertz CT molecular complexity index is 630. The van der Waals surface area contributed by atoms with Crippen molar-refractivity contribution in [2.24, 2.45) is 0 Å². The molecule has 0 amide bonds. The summed E-state index contributed by atoms with van der Waals surface area (Å²) in [6.07, 6.45) is 0. The van der Waals surface area contributed by atoms with Crippen LogP contribution in [0.4, 0.5) is 0 Å². The van der Waals surface area contributed by atoms with E-state index in [1.807, 2.05) is 24.3 Å². The fourth-order valence-corrected chi connectivity index (χ4v) is 2.26. The molecule has 2 aromatic rings. The third-order valence-electron chi connectivity index (χ3n) is 3.11. The van der Waals surface area contributed by atoms with Gasteiger partial charge in [0.25, 0.3) is 0 Å². The van der Waals surface area contributed by atoms with Gasteiger partial charge < -0.3 is 9.84 Å². The zero-order valence-electron chi connectivity index (χ0n) is 11.9. The lowest BCUT2D eigenvalue weighted by Gasteiger charge is -2.16. The van der Waals surface area contributed by atoms with Crippen LogP contribution >= 0.6 is 0 Å². The average molecular weight is 270 g/mol. The summed E-state index contributed by atoms with van der Waals surface area (Å²) < 4.78 is 5.22. The number of rotatable bonds is 3. The minimum atomic E-state index is -0.404. The zero-order valence-corrected chi connectivity index (χ0v) is 11.9. The van der Waals surface area contributed by atoms with Crippen molar-refractivity contribution in [1.82, 2.24) is 0 Å². The summed E-state index contributed by atoms with van der Waals surface area (Å²) >= 11 is 0. The van der Waals surface area contributed by atoms with Gasteiger partial charge >= 0.3 is 5.97 Å². The number of aromatic hydroxyl groups is 1. The van der Waals surface area contributed by atoms with Crippen molar-refractivity contribution in [2.45, 2.75) is 26.7 Å². The minimum absolute atomic E-state index is 0.108. The summed E-state index contributed by atoms with van der Waals surface area (Å²) in [4.78, 5) is 11.2. The Balaban J connectivity index is 2.66. The van der Waals surface area contributed by atoms with E-state index in [0.717, 1.165) is 11.1 Å². The molecule has 0 aliphatic heterocycles. The van der Waals surface area contributed by atoms with Crippen LogP contribution in [-0.2, 0) is 4.79 Å². The first-order valence-corrected chi connectivity index (χ1v) is 6.60. The van der Waals surface area contributed by atoms with E-state index in [9.17, 15) is 9.90 Å². The van der Waals surface area contributed by atoms with Gasteiger partial charge in [-0.3, -0.25) is 4.79 Å². The number of phenols is 1. The molecule has 0 spiro atoms. The highest BCUT2D eigenvalue weighted by molar-refractivity contribution is 5.82. The first-order chi connectivity index (χ1) is 9.50. The van der Waals surface area contributed by atoms with Crippen molar-refractivity contribution in [3.05, 3.63) is 48.0 Å². The second-order valence-corrected chi connectivity index (χ2v) is 4.99. The maximum absolute atomic E-state index is 11.2. The predicted octanol–water partition coefficient (Wildman–Crippen LogP) is 4.11. The second-order valence-electron chi connectivity index (χ2n) is 4.99. The topological polar surface area (TPSA) is 46.5 Å². The van der Waals surface area contributed by atoms with E-state index in [0.29, 0.717) is 17.2 Å². The molecule has 0 atom stereocenters. The monoisotopic (exact) mass is 270 g/mol. The third kappa shape index (κ3) is 2.82. The molecule has 0 aromatic heterocycles. The van der Waals surface area contributed by atoms with Crippen LogP contribution in [0.2, 0.25) is 0 Å². The first kappa shape index (κ1) is 14.1. The van der Waals surface area contributed by atoms with E-state index < -0.39 is 5.97 Å². The smallest absolute Gasteiger partial charge is 0.308 e. The number of ether oxygens (including phenoxy) is 1. The van der Waals surface area contributed by atoms with Gasteiger partial charge in [0.1, 0.15) is 11.5 Å². The summed E-state index contributed by atoms with van der Waals surface area (Å²) in [5, 5.41) is 10.2. The van der Waals surface area contributed by atoms with Crippen LogP contribution in [0.5, 0.6) is 11.5 Å². The number of hydrogen-bond donors (Lipinski definition) is 1. The van der Waals surface area contributed by atoms with Crippen molar-refractivity contribution in [2.75, 3.05) is 0 Å². The summed E-state index contributed by atoms with van der Waals surface area (Å²) in [6, 6.07) is 12.8. The van der Waals surface area contributed by atoms with Crippen LogP contribution in [0.25, 0.3) is 11.1 Å². The van der Waals surface area contributed by atoms with E-state index in [2.05, 4.69) is 13.8 Å². The van der Waals surface area contributed by atoms with Gasteiger partial charge in [-0.05, 0) is 29.2 Å². The van der Waals surface area contributed by atoms with Gasteiger partial charge in [0.2, 0.25) is 0 Å². The summed E-state index contributed by atoms with van der Waals surface area (Å²) in [5.74, 6) is 0.386. The van der Waals surface area contributed by atoms with Gasteiger partial charge in [-0.1, -0.05) is 44.2 Å². The molecule has 3 nitrogen and oxygen atoms in total. The van der Waals surface area contributed by atoms with E-state index in [1.54, 1.807) is 18.2 Å². The molecule has 0 bridgehead atoms. The van der Waals surface area contributed by atoms with E-state index in [-0.39, 0.29) is 5.75 Å². The number of phenolic OH excluding ortho intramolecular Hbond substituents is 1. The van der Waals surface area contributed by atoms with E-state index in [1.165, 1.54) is 6.92 Å². The highest BCUT2D eigenvalue weighted by Crippen LogP contribution is 2.41. The maximum atomic E-state index is 11.2. The van der Waals surface area contributed by atoms with Gasteiger partial charge in [-0.15, -0.1) is 0 Å². The normalized spacial score (nSPS) is 10.6. The zero-order chi connectivity index (χ0) is 14.7. The molecule has 20 heavy (non-hydrogen) atoms. The Hall–Kier alpha value is -2.29. The quantitative estimate of drug-likeness (QED) is 0.674. The molecule has 0 aliphatic carbocycles. The number of hydrogen-bond acceptors (Lipinski definition) is 3. The number of benzene rings is 2. The summed E-state index contributed by atoms with van der Waals surface area (Å²) in [6.45, 7) is 5.52. The molecule has 2 rings (SSSR count). The highest BCUT2D eigenvalue weighted by atomic mass is 16.5. The first-order valence-electron chi connectivity index (χ1n) is 6.60. The summed E-state index contributed by atoms with van der Waals surface area (Å²) in [5.41, 5.74) is 2.55. The van der Waals surface area contributed by atoms with Crippen molar-refractivity contribution in [1.29, 1.82) is 0 Å². The van der Waals surface area contributed by atoms with Gasteiger partial charge in [0.05, 0.1) is 5.56 Å². The van der Waals surface area contributed by atoms with Crippen molar-refractivity contribution >= 4 is 5.97 Å². The van der Waals surface area contributed by atoms with Crippen LogP contribution in [0.3, 0.4) is 0 Å². The molecule has 0 fully saturated rings. The maximum Gasteiger partial charge on any atom is 0.308 e. The number of carbonyl (C=O) groups is 1. The van der Waals surface area contributed by atoms with Gasteiger partial charge in [0.15, 0.2) is 0 Å². The van der Waals surface area contributed by atoms with Crippen LogP contribution < -0.4 is 4.74 Å². The largest absolute Gasteiger partial charge is 0.507 e. The number of esters is 1. The molecule has 0 radical (unpaired) electrons. The fourth-order valence-electron chi connectivity index (χ4n) is 2.26. The lowest BCUT2D eigenvalue weighted by molar-refractivity contribution is -0.131. The molecular formula is C17H18O3. The molecule has 2 aromatic carbocycles. The fraction of sp³-hybridized carbons (Fsp3) is 0.235. The van der Waals surface area contributed by atoms with Crippen molar-refractivity contribution < 1.29 is 14.6 Å². The molecule has 0 aliphatic rings. The van der Waals surface area contributed by atoms with Gasteiger partial charge in [0, 0.05) is 6.92 Å². The summed E-state index contributed by atoms with van der Waals surface area (Å²) in [7, 11) is 0.